The third kappa shape index (κ3) is 3.18. The summed E-state index contributed by atoms with van der Waals surface area (Å²) in [6, 6.07) is 2.06. The maximum Gasteiger partial charge on any atom is 0.336 e. The van der Waals surface area contributed by atoms with Crippen molar-refractivity contribution in [3.63, 3.8) is 0 Å². The molecule has 16 heavy (non-hydrogen) atoms. The molecule has 0 bridgehead atoms. The maximum absolute atomic E-state index is 13.3. The van der Waals surface area contributed by atoms with E-state index in [0.29, 0.717) is 0 Å². The molecule has 0 heterocycles. The number of hydrogen-bond donors (Lipinski definition) is 1. The average molecular weight is 267 g/mol. The minimum atomic E-state index is -3.84. The lowest BCUT2D eigenvalue weighted by Crippen LogP contribution is -2.05. The standard InChI is InChI=1S/C9H8ClFO4S/c1-5-7(9(12)13)2-6(3-8(5)11)4-16(10,14)15/h2-3H,4H2,1H3,(H,12,13). The smallest absolute Gasteiger partial charge is 0.336 e. The lowest BCUT2D eigenvalue weighted by Gasteiger charge is -2.05. The normalized spacial score (nSPS) is 11.4. The van der Waals surface area contributed by atoms with Crippen LogP contribution in [0.1, 0.15) is 21.5 Å². The number of halogens is 2. The molecular formula is C9H8ClFO4S. The van der Waals surface area contributed by atoms with Gasteiger partial charge in [-0.2, -0.15) is 0 Å². The van der Waals surface area contributed by atoms with Crippen molar-refractivity contribution < 1.29 is 22.7 Å². The van der Waals surface area contributed by atoms with Gasteiger partial charge in [0.05, 0.1) is 11.3 Å². The van der Waals surface area contributed by atoms with E-state index in [1.54, 1.807) is 0 Å². The Labute approximate surface area is 96.1 Å². The molecule has 0 radical (unpaired) electrons. The van der Waals surface area contributed by atoms with Gasteiger partial charge in [-0.3, -0.25) is 0 Å². The largest absolute Gasteiger partial charge is 0.478 e. The first-order valence-corrected chi connectivity index (χ1v) is 6.63. The van der Waals surface area contributed by atoms with Crippen LogP contribution in [0.25, 0.3) is 0 Å². The molecule has 0 saturated heterocycles. The number of aromatic carboxylic acids is 1. The summed E-state index contributed by atoms with van der Waals surface area (Å²) in [4.78, 5) is 10.7. The Hall–Kier alpha value is -1.14. The molecule has 0 amide bonds. The van der Waals surface area contributed by atoms with Gasteiger partial charge in [0.1, 0.15) is 5.82 Å². The first-order chi connectivity index (χ1) is 7.20. The summed E-state index contributed by atoms with van der Waals surface area (Å²) in [5.41, 5.74) is -0.297. The van der Waals surface area contributed by atoms with Gasteiger partial charge in [0.15, 0.2) is 0 Å². The van der Waals surface area contributed by atoms with Crippen LogP contribution in [0, 0.1) is 12.7 Å². The van der Waals surface area contributed by atoms with Gasteiger partial charge >= 0.3 is 5.97 Å². The number of hydrogen-bond acceptors (Lipinski definition) is 3. The van der Waals surface area contributed by atoms with E-state index in [1.165, 1.54) is 6.92 Å². The molecule has 0 atom stereocenters. The van der Waals surface area contributed by atoms with Crippen molar-refractivity contribution in [2.75, 3.05) is 0 Å². The number of carboxylic acids is 1. The Morgan fingerprint density at radius 2 is 2.06 bits per heavy atom. The zero-order chi connectivity index (χ0) is 12.5. The van der Waals surface area contributed by atoms with Crippen molar-refractivity contribution in [2.24, 2.45) is 0 Å². The second-order valence-corrected chi connectivity index (χ2v) is 6.02. The zero-order valence-electron chi connectivity index (χ0n) is 8.20. The van der Waals surface area contributed by atoms with E-state index in [2.05, 4.69) is 0 Å². The van der Waals surface area contributed by atoms with Crippen LogP contribution in [0.3, 0.4) is 0 Å². The quantitative estimate of drug-likeness (QED) is 0.848. The van der Waals surface area contributed by atoms with Gasteiger partial charge in [-0.05, 0) is 30.2 Å². The molecule has 1 aromatic carbocycles. The van der Waals surface area contributed by atoms with Crippen LogP contribution in [-0.4, -0.2) is 19.5 Å². The highest BCUT2D eigenvalue weighted by Crippen LogP contribution is 2.18. The van der Waals surface area contributed by atoms with Crippen LogP contribution >= 0.6 is 10.7 Å². The van der Waals surface area contributed by atoms with Gasteiger partial charge in [0, 0.05) is 10.7 Å². The summed E-state index contributed by atoms with van der Waals surface area (Å²) < 4.78 is 34.8. The van der Waals surface area contributed by atoms with E-state index in [9.17, 15) is 17.6 Å². The Balaban J connectivity index is 3.30. The van der Waals surface area contributed by atoms with Crippen molar-refractivity contribution >= 4 is 25.7 Å². The summed E-state index contributed by atoms with van der Waals surface area (Å²) in [7, 11) is 1.16. The average Bonchev–Trinajstić information content (AvgIpc) is 2.07. The van der Waals surface area contributed by atoms with E-state index in [4.69, 9.17) is 15.8 Å². The summed E-state index contributed by atoms with van der Waals surface area (Å²) >= 11 is 0. The fourth-order valence-corrected chi connectivity index (χ4v) is 2.18. The van der Waals surface area contributed by atoms with Crippen LogP contribution in [0.2, 0.25) is 0 Å². The van der Waals surface area contributed by atoms with Crippen LogP contribution in [0.5, 0.6) is 0 Å². The maximum atomic E-state index is 13.3. The van der Waals surface area contributed by atoms with E-state index in [0.717, 1.165) is 12.1 Å². The Bertz CT molecular complexity index is 539. The first-order valence-electron chi connectivity index (χ1n) is 4.15. The molecule has 0 aromatic heterocycles. The summed E-state index contributed by atoms with van der Waals surface area (Å²) in [6.45, 7) is 1.30. The van der Waals surface area contributed by atoms with Gasteiger partial charge in [0.25, 0.3) is 0 Å². The molecule has 88 valence electrons. The minimum absolute atomic E-state index is 0.00972. The summed E-state index contributed by atoms with van der Waals surface area (Å²) in [5, 5.41) is 8.76. The third-order valence-corrected chi connectivity index (χ3v) is 2.98. The zero-order valence-corrected chi connectivity index (χ0v) is 9.77. The fraction of sp³-hybridized carbons (Fsp3) is 0.222. The van der Waals surface area contributed by atoms with Crippen LogP contribution in [0.15, 0.2) is 12.1 Å². The monoisotopic (exact) mass is 266 g/mol. The molecule has 4 nitrogen and oxygen atoms in total. The van der Waals surface area contributed by atoms with Gasteiger partial charge in [-0.1, -0.05) is 0 Å². The molecule has 0 saturated carbocycles. The van der Waals surface area contributed by atoms with Crippen molar-refractivity contribution in [1.82, 2.24) is 0 Å². The van der Waals surface area contributed by atoms with E-state index >= 15 is 0 Å². The summed E-state index contributed by atoms with van der Waals surface area (Å²) in [6.07, 6.45) is 0. The van der Waals surface area contributed by atoms with Crippen molar-refractivity contribution in [1.29, 1.82) is 0 Å². The highest BCUT2D eigenvalue weighted by molar-refractivity contribution is 8.13. The molecule has 0 fully saturated rings. The highest BCUT2D eigenvalue weighted by Gasteiger charge is 2.15. The van der Waals surface area contributed by atoms with Crippen LogP contribution in [-0.2, 0) is 14.8 Å². The molecule has 0 aliphatic carbocycles. The molecule has 0 spiro atoms. The minimum Gasteiger partial charge on any atom is -0.478 e. The van der Waals surface area contributed by atoms with Crippen LogP contribution < -0.4 is 0 Å². The van der Waals surface area contributed by atoms with Gasteiger partial charge in [-0.15, -0.1) is 0 Å². The molecular weight excluding hydrogens is 259 g/mol. The molecule has 1 aromatic rings. The van der Waals surface area contributed by atoms with Gasteiger partial charge in [0.2, 0.25) is 9.05 Å². The van der Waals surface area contributed by atoms with E-state index in [-0.39, 0.29) is 16.7 Å². The second-order valence-electron chi connectivity index (χ2n) is 3.24. The topological polar surface area (TPSA) is 71.4 Å². The molecule has 0 aliphatic rings. The van der Waals surface area contributed by atoms with Gasteiger partial charge in [-0.25, -0.2) is 17.6 Å². The van der Waals surface area contributed by atoms with Crippen molar-refractivity contribution in [2.45, 2.75) is 12.7 Å². The number of carbonyl (C=O) groups is 1. The molecule has 0 unspecified atom stereocenters. The molecule has 7 heteroatoms. The van der Waals surface area contributed by atoms with E-state index < -0.39 is 26.6 Å². The third-order valence-electron chi connectivity index (χ3n) is 1.97. The number of carboxylic acid groups (broad SMARTS) is 1. The Kier molecular flexibility index (Phi) is 3.54. The predicted octanol–water partition coefficient (Wildman–Crippen LogP) is 1.90. The molecule has 0 aliphatic heterocycles. The van der Waals surface area contributed by atoms with Crippen LogP contribution in [0.4, 0.5) is 4.39 Å². The Morgan fingerprint density at radius 3 is 2.50 bits per heavy atom. The number of rotatable bonds is 3. The summed E-state index contributed by atoms with van der Waals surface area (Å²) in [5.74, 6) is -2.69. The SMILES string of the molecule is Cc1c(F)cc(CS(=O)(=O)Cl)cc1C(=O)O. The Morgan fingerprint density at radius 1 is 1.50 bits per heavy atom. The molecule has 1 rings (SSSR count). The first kappa shape index (κ1) is 12.9. The van der Waals surface area contributed by atoms with E-state index in [1.807, 2.05) is 0 Å². The lowest BCUT2D eigenvalue weighted by molar-refractivity contribution is 0.0695. The predicted molar refractivity (Wildman–Crippen MR) is 56.6 cm³/mol. The lowest BCUT2D eigenvalue weighted by atomic mass is 10.1. The highest BCUT2D eigenvalue weighted by atomic mass is 35.7. The van der Waals surface area contributed by atoms with Crippen molar-refractivity contribution in [3.05, 3.63) is 34.6 Å². The second kappa shape index (κ2) is 4.39. The van der Waals surface area contributed by atoms with Gasteiger partial charge < -0.3 is 5.11 Å². The number of benzene rings is 1. The fourth-order valence-electron chi connectivity index (χ4n) is 1.24. The molecule has 1 N–H and O–H groups in total. The van der Waals surface area contributed by atoms with Crippen molar-refractivity contribution in [3.8, 4) is 0 Å².